The van der Waals surface area contributed by atoms with Crippen LogP contribution in [0.1, 0.15) is 13.3 Å². The summed E-state index contributed by atoms with van der Waals surface area (Å²) in [5, 5.41) is 5.81. The molecule has 1 aliphatic heterocycles. The molecule has 1 aliphatic rings. The fourth-order valence-electron chi connectivity index (χ4n) is 3.26. The van der Waals surface area contributed by atoms with Gasteiger partial charge in [0.05, 0.1) is 10.7 Å². The van der Waals surface area contributed by atoms with Crippen molar-refractivity contribution < 1.29 is 26.7 Å². The third kappa shape index (κ3) is 4.88. The van der Waals surface area contributed by atoms with Crippen molar-refractivity contribution in [2.75, 3.05) is 41.3 Å². The molecule has 0 bridgehead atoms. The van der Waals surface area contributed by atoms with Gasteiger partial charge in [-0.2, -0.15) is 0 Å². The molecule has 2 N–H and O–H groups in total. The van der Waals surface area contributed by atoms with Crippen LogP contribution >= 0.6 is 23.8 Å². The minimum Gasteiger partial charge on any atom is -0.367 e. The van der Waals surface area contributed by atoms with Crippen LogP contribution in [0.4, 0.5) is 39.0 Å². The van der Waals surface area contributed by atoms with Crippen LogP contribution in [0.25, 0.3) is 0 Å². The number of nitrogens with one attached hydrogen (secondary N) is 2. The number of thiocarbonyl (C=S) groups is 1. The number of hydrogen-bond acceptors (Lipinski definition) is 4. The van der Waals surface area contributed by atoms with Gasteiger partial charge in [0.15, 0.2) is 28.4 Å². The van der Waals surface area contributed by atoms with Gasteiger partial charge < -0.3 is 20.4 Å². The second kappa shape index (κ2) is 9.86. The van der Waals surface area contributed by atoms with Crippen LogP contribution < -0.4 is 20.4 Å². The lowest BCUT2D eigenvalue weighted by molar-refractivity contribution is -0.119. The first kappa shape index (κ1) is 24.0. The van der Waals surface area contributed by atoms with Crippen molar-refractivity contribution in [3.63, 3.8) is 0 Å². The smallest absolute Gasteiger partial charge is 0.225 e. The summed E-state index contributed by atoms with van der Waals surface area (Å²) >= 11 is 11.4. The van der Waals surface area contributed by atoms with Crippen molar-refractivity contribution in [1.82, 2.24) is 5.32 Å². The lowest BCUT2D eigenvalue weighted by atomic mass is 10.2. The SMILES string of the molecule is CCC(=O)NC(=S)Nc1ccc(N2CCN(c3c(F)c(F)c(F)c(F)c3F)CC2)c(Cl)c1. The van der Waals surface area contributed by atoms with E-state index in [4.69, 9.17) is 23.8 Å². The molecule has 2 aromatic rings. The topological polar surface area (TPSA) is 47.6 Å². The first-order valence-corrected chi connectivity index (χ1v) is 10.3. The predicted octanol–water partition coefficient (Wildman–Crippen LogP) is 4.59. The van der Waals surface area contributed by atoms with E-state index in [0.29, 0.717) is 16.4 Å². The van der Waals surface area contributed by atoms with Crippen LogP contribution in [-0.4, -0.2) is 37.2 Å². The number of rotatable bonds is 4. The molecule has 32 heavy (non-hydrogen) atoms. The first-order chi connectivity index (χ1) is 15.1. The van der Waals surface area contributed by atoms with E-state index >= 15 is 0 Å². The quantitative estimate of drug-likeness (QED) is 0.283. The van der Waals surface area contributed by atoms with Crippen molar-refractivity contribution >= 4 is 51.9 Å². The molecule has 0 unspecified atom stereocenters. The lowest BCUT2D eigenvalue weighted by Crippen LogP contribution is -2.47. The van der Waals surface area contributed by atoms with E-state index in [2.05, 4.69) is 10.6 Å². The summed E-state index contributed by atoms with van der Waals surface area (Å²) in [6, 6.07) is 4.97. The van der Waals surface area contributed by atoms with Gasteiger partial charge in [0, 0.05) is 38.3 Å². The minimum atomic E-state index is -2.18. The molecule has 0 radical (unpaired) electrons. The van der Waals surface area contributed by atoms with Crippen molar-refractivity contribution in [2.45, 2.75) is 13.3 Å². The lowest BCUT2D eigenvalue weighted by Gasteiger charge is -2.38. The third-order valence-corrected chi connectivity index (χ3v) is 5.41. The molecule has 3 rings (SSSR count). The fourth-order valence-corrected chi connectivity index (χ4v) is 3.79. The Morgan fingerprint density at radius 1 is 0.969 bits per heavy atom. The second-order valence-electron chi connectivity index (χ2n) is 6.91. The maximum Gasteiger partial charge on any atom is 0.225 e. The first-order valence-electron chi connectivity index (χ1n) is 9.55. The molecule has 12 heteroatoms. The number of anilines is 3. The molecule has 1 heterocycles. The maximum absolute atomic E-state index is 14.1. The summed E-state index contributed by atoms with van der Waals surface area (Å²) < 4.78 is 68.5. The Balaban J connectivity index is 1.70. The zero-order chi connectivity index (χ0) is 23.6. The fraction of sp³-hybridized carbons (Fsp3) is 0.300. The molecule has 0 atom stereocenters. The van der Waals surface area contributed by atoms with Crippen LogP contribution in [0.3, 0.4) is 0 Å². The van der Waals surface area contributed by atoms with Crippen LogP contribution in [0, 0.1) is 29.1 Å². The minimum absolute atomic E-state index is 0.0157. The second-order valence-corrected chi connectivity index (χ2v) is 7.73. The zero-order valence-corrected chi connectivity index (χ0v) is 18.3. The summed E-state index contributed by atoms with van der Waals surface area (Å²) in [7, 11) is 0. The van der Waals surface area contributed by atoms with Crippen LogP contribution in [0.5, 0.6) is 0 Å². The van der Waals surface area contributed by atoms with E-state index in [1.54, 1.807) is 25.1 Å². The number of hydrogen-bond donors (Lipinski definition) is 2. The molecule has 5 nitrogen and oxygen atoms in total. The molecular formula is C20H18ClF5N4OS. The highest BCUT2D eigenvalue weighted by Gasteiger charge is 2.31. The van der Waals surface area contributed by atoms with Gasteiger partial charge in [0.1, 0.15) is 5.69 Å². The zero-order valence-electron chi connectivity index (χ0n) is 16.7. The van der Waals surface area contributed by atoms with Crippen LogP contribution in [-0.2, 0) is 4.79 Å². The Morgan fingerprint density at radius 3 is 2.03 bits per heavy atom. The molecule has 1 saturated heterocycles. The number of benzene rings is 2. The summed E-state index contributed by atoms with van der Waals surface area (Å²) in [5.41, 5.74) is 0.229. The highest BCUT2D eigenvalue weighted by molar-refractivity contribution is 7.80. The normalized spacial score (nSPS) is 13.8. The molecule has 0 spiro atoms. The summed E-state index contributed by atoms with van der Waals surface area (Å²) in [6.07, 6.45) is 0.276. The Morgan fingerprint density at radius 2 is 1.50 bits per heavy atom. The van der Waals surface area contributed by atoms with Gasteiger partial charge in [-0.25, -0.2) is 22.0 Å². The van der Waals surface area contributed by atoms with Gasteiger partial charge in [-0.3, -0.25) is 4.79 Å². The number of carbonyl (C=O) groups is 1. The molecule has 1 fully saturated rings. The van der Waals surface area contributed by atoms with Crippen LogP contribution in [0.2, 0.25) is 5.02 Å². The highest BCUT2D eigenvalue weighted by atomic mass is 35.5. The largest absolute Gasteiger partial charge is 0.367 e. The molecule has 172 valence electrons. The molecule has 0 aromatic heterocycles. The average molecular weight is 493 g/mol. The average Bonchev–Trinajstić information content (AvgIpc) is 2.77. The van der Waals surface area contributed by atoms with E-state index in [0.717, 1.165) is 4.90 Å². The van der Waals surface area contributed by atoms with Crippen LogP contribution in [0.15, 0.2) is 18.2 Å². The number of carbonyl (C=O) groups excluding carboxylic acids is 1. The number of nitrogens with zero attached hydrogens (tertiary/aromatic N) is 2. The molecule has 1 amide bonds. The third-order valence-electron chi connectivity index (χ3n) is 4.90. The summed E-state index contributed by atoms with van der Waals surface area (Å²) in [5.74, 6) is -10.1. The molecule has 0 saturated carbocycles. The van der Waals surface area contributed by atoms with Gasteiger partial charge in [0.25, 0.3) is 0 Å². The van der Waals surface area contributed by atoms with Crippen molar-refractivity contribution in [2.24, 2.45) is 0 Å². The van der Waals surface area contributed by atoms with E-state index in [1.165, 1.54) is 0 Å². The Hall–Kier alpha value is -2.66. The van der Waals surface area contributed by atoms with Gasteiger partial charge in [-0.05, 0) is 30.4 Å². The van der Waals surface area contributed by atoms with E-state index in [-0.39, 0.29) is 43.6 Å². The number of amides is 1. The Bertz CT molecular complexity index is 1030. The standard InChI is InChI=1S/C20H18ClF5N4OS/c1-2-13(31)28-20(32)27-10-3-4-12(11(21)9-10)29-5-7-30(8-6-29)19-17(25)15(23)14(22)16(24)18(19)26/h3-4,9H,2,5-8H2,1H3,(H2,27,28,31,32). The van der Waals surface area contributed by atoms with Crippen molar-refractivity contribution in [1.29, 1.82) is 0 Å². The number of piperazine rings is 1. The van der Waals surface area contributed by atoms with Crippen molar-refractivity contribution in [3.8, 4) is 0 Å². The molecular weight excluding hydrogens is 475 g/mol. The van der Waals surface area contributed by atoms with E-state index in [9.17, 15) is 26.7 Å². The summed E-state index contributed by atoms with van der Waals surface area (Å²) in [4.78, 5) is 14.3. The van der Waals surface area contributed by atoms with Crippen molar-refractivity contribution in [3.05, 3.63) is 52.3 Å². The van der Waals surface area contributed by atoms with Gasteiger partial charge in [-0.1, -0.05) is 18.5 Å². The maximum atomic E-state index is 14.1. The molecule has 0 aliphatic carbocycles. The predicted molar refractivity (Wildman–Crippen MR) is 117 cm³/mol. The highest BCUT2D eigenvalue weighted by Crippen LogP contribution is 2.33. The van der Waals surface area contributed by atoms with E-state index < -0.39 is 34.8 Å². The monoisotopic (exact) mass is 492 g/mol. The Labute approximate surface area is 191 Å². The number of halogens is 6. The van der Waals surface area contributed by atoms with Gasteiger partial charge >= 0.3 is 0 Å². The van der Waals surface area contributed by atoms with Gasteiger partial charge in [0.2, 0.25) is 11.7 Å². The molecule has 2 aromatic carbocycles. The van der Waals surface area contributed by atoms with E-state index in [1.807, 2.05) is 4.90 Å². The van der Waals surface area contributed by atoms with Gasteiger partial charge in [-0.15, -0.1) is 0 Å². The Kier molecular flexibility index (Phi) is 7.40. The summed E-state index contributed by atoms with van der Waals surface area (Å²) in [6.45, 7) is 2.19.